The van der Waals surface area contributed by atoms with Crippen molar-refractivity contribution in [3.8, 4) is 67.2 Å². The molecule has 0 radical (unpaired) electrons. The van der Waals surface area contributed by atoms with Gasteiger partial charge in [0.15, 0.2) is 0 Å². The molecule has 3 N–H and O–H groups in total. The van der Waals surface area contributed by atoms with Crippen LogP contribution in [0.25, 0.3) is 67.2 Å². The standard InChI is InChI=1S/3C15H11NO.2C2H6O.CH5N.CH4O.2CH4S/c3*1-3-7-12(8-4-1)14-11-17-16-15(14)13-9-5-2-6-10-13;2*1-3-2;4*1-2/h3*1-11H;2*1-2H3;2H2,1H3;3*2H,1H3. The lowest BCUT2D eigenvalue weighted by Gasteiger charge is -2.00. The molecular formula is C53H62N4O6S2. The number of methoxy groups -OCH3 is 2. The fourth-order valence-electron chi connectivity index (χ4n) is 5.59. The molecule has 0 amide bonds. The van der Waals surface area contributed by atoms with Crippen LogP contribution in [0, 0.1) is 0 Å². The molecule has 0 aliphatic carbocycles. The molecule has 0 spiro atoms. The summed E-state index contributed by atoms with van der Waals surface area (Å²) in [6.45, 7) is 0. The van der Waals surface area contributed by atoms with E-state index in [0.717, 1.165) is 74.3 Å². The van der Waals surface area contributed by atoms with Gasteiger partial charge in [0, 0.05) is 68.9 Å². The molecule has 0 fully saturated rings. The Labute approximate surface area is 395 Å². The lowest BCUT2D eigenvalue weighted by atomic mass is 10.0. The SMILES string of the molecule is CN.CO.COC.COC.CS.CS.c1ccc(-c2conc2-c2ccccc2)cc1.c1ccc(-c2conc2-c2ccccc2)cc1.c1ccc(-c2conc2-c2ccccc2)cc1. The minimum atomic E-state index is 0.886. The van der Waals surface area contributed by atoms with E-state index in [1.807, 2.05) is 146 Å². The molecule has 0 saturated heterocycles. The summed E-state index contributed by atoms with van der Waals surface area (Å²) >= 11 is 7.06. The molecule has 9 aromatic rings. The first-order valence-corrected chi connectivity index (χ1v) is 21.8. The van der Waals surface area contributed by atoms with Crippen molar-refractivity contribution in [3.63, 3.8) is 0 Å². The van der Waals surface area contributed by atoms with Gasteiger partial charge in [-0.3, -0.25) is 0 Å². The third kappa shape index (κ3) is 19.4. The molecule has 0 aliphatic rings. The number of aliphatic hydroxyl groups is 1. The average Bonchev–Trinajstić information content (AvgIpc) is 4.22. The molecular weight excluding hydrogens is 853 g/mol. The van der Waals surface area contributed by atoms with E-state index in [1.165, 1.54) is 7.05 Å². The maximum Gasteiger partial charge on any atom is 0.132 e. The molecule has 342 valence electrons. The highest BCUT2D eigenvalue weighted by Crippen LogP contribution is 2.32. The summed E-state index contributed by atoms with van der Waals surface area (Å²) in [7, 11) is 9.00. The highest BCUT2D eigenvalue weighted by molar-refractivity contribution is 7.79. The van der Waals surface area contributed by atoms with Crippen LogP contribution >= 0.6 is 25.3 Å². The Morgan fingerprint density at radius 1 is 0.338 bits per heavy atom. The maximum atomic E-state index is 7.00. The second kappa shape index (κ2) is 36.9. The van der Waals surface area contributed by atoms with E-state index in [2.05, 4.69) is 92.3 Å². The van der Waals surface area contributed by atoms with E-state index < -0.39 is 0 Å². The van der Waals surface area contributed by atoms with E-state index in [9.17, 15) is 0 Å². The van der Waals surface area contributed by atoms with Gasteiger partial charge in [-0.05, 0) is 36.2 Å². The molecule has 12 heteroatoms. The minimum absolute atomic E-state index is 0.886. The molecule has 10 nitrogen and oxygen atoms in total. The Hall–Kier alpha value is -6.51. The smallest absolute Gasteiger partial charge is 0.132 e. The van der Waals surface area contributed by atoms with Crippen LogP contribution < -0.4 is 5.73 Å². The van der Waals surface area contributed by atoms with Crippen molar-refractivity contribution in [2.45, 2.75) is 0 Å². The number of thiol groups is 2. The summed E-state index contributed by atoms with van der Waals surface area (Å²) in [5.74, 6) is 0. The van der Waals surface area contributed by atoms with Crippen LogP contribution in [-0.2, 0) is 9.47 Å². The second-order valence-corrected chi connectivity index (χ2v) is 12.2. The van der Waals surface area contributed by atoms with Gasteiger partial charge in [-0.15, -0.1) is 0 Å². The van der Waals surface area contributed by atoms with Crippen LogP contribution in [0.1, 0.15) is 0 Å². The minimum Gasteiger partial charge on any atom is -0.400 e. The monoisotopic (exact) mass is 914 g/mol. The fourth-order valence-corrected chi connectivity index (χ4v) is 5.59. The summed E-state index contributed by atoms with van der Waals surface area (Å²) < 4.78 is 23.8. The molecule has 0 bridgehead atoms. The van der Waals surface area contributed by atoms with Crippen LogP contribution in [0.4, 0.5) is 0 Å². The normalized spacial score (nSPS) is 9.05. The maximum absolute atomic E-state index is 7.00. The highest BCUT2D eigenvalue weighted by atomic mass is 32.1. The van der Waals surface area contributed by atoms with Gasteiger partial charge in [0.1, 0.15) is 35.9 Å². The Kier molecular flexibility index (Phi) is 32.1. The number of nitrogens with two attached hydrogens (primary N) is 1. The number of ether oxygens (including phenoxy) is 2. The Bertz CT molecular complexity index is 1970. The van der Waals surface area contributed by atoms with Crippen molar-refractivity contribution in [2.24, 2.45) is 5.73 Å². The first kappa shape index (κ1) is 56.5. The van der Waals surface area contributed by atoms with Crippen LogP contribution in [0.15, 0.2) is 214 Å². The van der Waals surface area contributed by atoms with Crippen LogP contribution in [0.2, 0.25) is 0 Å². The van der Waals surface area contributed by atoms with E-state index in [1.54, 1.807) is 59.7 Å². The summed E-state index contributed by atoms with van der Waals surface area (Å²) in [5, 5.41) is 19.3. The first-order valence-electron chi connectivity index (χ1n) is 20.1. The number of hydrogen-bond donors (Lipinski definition) is 4. The first-order chi connectivity index (χ1) is 32.2. The summed E-state index contributed by atoms with van der Waals surface area (Å²) in [6.07, 6.45) is 8.47. The van der Waals surface area contributed by atoms with Crippen LogP contribution in [-0.4, -0.2) is 75.7 Å². The molecule has 0 aliphatic heterocycles. The topological polar surface area (TPSA) is 143 Å². The van der Waals surface area contributed by atoms with Gasteiger partial charge in [0.05, 0.1) is 0 Å². The Morgan fingerprint density at radius 3 is 0.662 bits per heavy atom. The zero-order valence-electron chi connectivity index (χ0n) is 38.4. The highest BCUT2D eigenvalue weighted by Gasteiger charge is 2.13. The molecule has 0 atom stereocenters. The summed E-state index contributed by atoms with van der Waals surface area (Å²) in [4.78, 5) is 0. The number of aliphatic hydroxyl groups excluding tert-OH is 1. The van der Waals surface area contributed by atoms with E-state index >= 15 is 0 Å². The number of benzene rings is 6. The number of nitrogens with zero attached hydrogens (tertiary/aromatic N) is 3. The largest absolute Gasteiger partial charge is 0.400 e. The summed E-state index contributed by atoms with van der Waals surface area (Å²) in [5.41, 5.74) is 16.8. The molecule has 0 saturated carbocycles. The van der Waals surface area contributed by atoms with Crippen molar-refractivity contribution >= 4 is 25.3 Å². The zero-order valence-corrected chi connectivity index (χ0v) is 40.1. The molecule has 0 unspecified atom stereocenters. The number of aromatic nitrogens is 3. The lowest BCUT2D eigenvalue weighted by Crippen LogP contribution is -1.81. The quantitative estimate of drug-likeness (QED) is 0.119. The lowest BCUT2D eigenvalue weighted by molar-refractivity contribution is 0.277. The van der Waals surface area contributed by atoms with Gasteiger partial charge in [-0.1, -0.05) is 197 Å². The molecule has 3 aromatic heterocycles. The fraction of sp³-hybridized carbons (Fsp3) is 0.151. The van der Waals surface area contributed by atoms with Gasteiger partial charge in [0.2, 0.25) is 0 Å². The predicted molar refractivity (Wildman–Crippen MR) is 276 cm³/mol. The molecule has 3 heterocycles. The Balaban J connectivity index is 0.000000428. The molecule has 9 rings (SSSR count). The third-order valence-corrected chi connectivity index (χ3v) is 8.11. The van der Waals surface area contributed by atoms with Gasteiger partial charge in [-0.2, -0.15) is 25.3 Å². The van der Waals surface area contributed by atoms with E-state index in [-0.39, 0.29) is 0 Å². The van der Waals surface area contributed by atoms with Crippen molar-refractivity contribution in [1.29, 1.82) is 0 Å². The van der Waals surface area contributed by atoms with E-state index in [0.29, 0.717) is 0 Å². The molecule has 6 aromatic carbocycles. The van der Waals surface area contributed by atoms with Crippen molar-refractivity contribution in [3.05, 3.63) is 201 Å². The zero-order chi connectivity index (χ0) is 47.9. The average molecular weight is 915 g/mol. The summed E-state index contributed by atoms with van der Waals surface area (Å²) in [6, 6.07) is 60.6. The van der Waals surface area contributed by atoms with Crippen molar-refractivity contribution in [2.75, 3.05) is 55.1 Å². The van der Waals surface area contributed by atoms with Gasteiger partial charge < -0.3 is 33.9 Å². The van der Waals surface area contributed by atoms with Gasteiger partial charge >= 0.3 is 0 Å². The number of hydrogen-bond acceptors (Lipinski definition) is 12. The Morgan fingerprint density at radius 2 is 0.492 bits per heavy atom. The van der Waals surface area contributed by atoms with Gasteiger partial charge in [-0.25, -0.2) is 0 Å². The second-order valence-electron chi connectivity index (χ2n) is 12.2. The predicted octanol–water partition coefficient (Wildman–Crippen LogP) is 12.8. The van der Waals surface area contributed by atoms with Gasteiger partial charge in [0.25, 0.3) is 0 Å². The van der Waals surface area contributed by atoms with Crippen LogP contribution in [0.3, 0.4) is 0 Å². The van der Waals surface area contributed by atoms with E-state index in [4.69, 9.17) is 18.7 Å². The third-order valence-electron chi connectivity index (χ3n) is 8.11. The van der Waals surface area contributed by atoms with Crippen molar-refractivity contribution < 1.29 is 28.1 Å². The molecule has 65 heavy (non-hydrogen) atoms. The van der Waals surface area contributed by atoms with Crippen LogP contribution in [0.5, 0.6) is 0 Å². The van der Waals surface area contributed by atoms with Crippen molar-refractivity contribution in [1.82, 2.24) is 15.5 Å². The number of rotatable bonds is 6.